The van der Waals surface area contributed by atoms with Crippen molar-refractivity contribution in [3.63, 3.8) is 0 Å². The second kappa shape index (κ2) is 8.74. The molecule has 8 nitrogen and oxygen atoms in total. The molecule has 3 amide bonds. The van der Waals surface area contributed by atoms with Gasteiger partial charge >= 0.3 is 6.03 Å². The number of thiazole rings is 1. The second-order valence-electron chi connectivity index (χ2n) is 8.20. The minimum atomic E-state index is -0.659. The molecule has 5 rings (SSSR count). The smallest absolute Gasteiger partial charge is 0.318 e. The zero-order valence-corrected chi connectivity index (χ0v) is 18.9. The van der Waals surface area contributed by atoms with Crippen molar-refractivity contribution >= 4 is 23.3 Å². The molecule has 170 valence electrons. The Labute approximate surface area is 195 Å². The van der Waals surface area contributed by atoms with E-state index in [0.29, 0.717) is 10.9 Å². The number of urea groups is 1. The van der Waals surface area contributed by atoms with Gasteiger partial charge in [0, 0.05) is 17.6 Å². The van der Waals surface area contributed by atoms with Crippen LogP contribution < -0.4 is 20.5 Å². The summed E-state index contributed by atoms with van der Waals surface area (Å²) in [6.45, 7) is 2.58. The van der Waals surface area contributed by atoms with Gasteiger partial charge in [0.2, 0.25) is 5.91 Å². The van der Waals surface area contributed by atoms with E-state index in [2.05, 4.69) is 29.4 Å². The number of nitrogens with two attached hydrogens (primary N) is 1. The Balaban J connectivity index is 1.25. The summed E-state index contributed by atoms with van der Waals surface area (Å²) in [6.07, 6.45) is 3.51. The summed E-state index contributed by atoms with van der Waals surface area (Å²) < 4.78 is 12.2. The highest BCUT2D eigenvalue weighted by molar-refractivity contribution is 7.13. The Morgan fingerprint density at radius 3 is 3.00 bits per heavy atom. The summed E-state index contributed by atoms with van der Waals surface area (Å²) in [4.78, 5) is 30.1. The molecule has 3 aromatic rings. The minimum absolute atomic E-state index is 0.0546. The van der Waals surface area contributed by atoms with Crippen molar-refractivity contribution < 1.29 is 19.1 Å². The number of carbonyl (C=O) groups excluding carboxylic acids is 2. The van der Waals surface area contributed by atoms with Gasteiger partial charge in [-0.2, -0.15) is 0 Å². The summed E-state index contributed by atoms with van der Waals surface area (Å²) >= 11 is 1.33. The number of fused-ring (bicyclic) bond motifs is 1. The molecule has 1 fully saturated rings. The van der Waals surface area contributed by atoms with Crippen molar-refractivity contribution in [2.45, 2.75) is 38.5 Å². The molecule has 2 atom stereocenters. The number of rotatable bonds is 6. The standard InChI is InChI=1S/C24H24N4O4S/c1-14-4-2-3-5-18(14)21-8-6-15-10-16(7-9-20(15)32-21)31-24-27-11-17(33-24)13-28-19(22(25)29)12-26-23(28)30/h2-5,7,9-11,19,21H,6,8,12-13H2,1H3,(H2,25,29)(H,26,30). The quantitative estimate of drug-likeness (QED) is 0.579. The summed E-state index contributed by atoms with van der Waals surface area (Å²) in [5, 5.41) is 3.11. The van der Waals surface area contributed by atoms with Gasteiger partial charge in [0.05, 0.1) is 6.54 Å². The normalized spacial score (nSPS) is 19.5. The van der Waals surface area contributed by atoms with Crippen molar-refractivity contribution in [1.29, 1.82) is 0 Å². The Hall–Kier alpha value is -3.59. The van der Waals surface area contributed by atoms with Gasteiger partial charge in [0.25, 0.3) is 5.19 Å². The summed E-state index contributed by atoms with van der Waals surface area (Å²) in [6, 6.07) is 13.1. The maximum Gasteiger partial charge on any atom is 0.318 e. The van der Waals surface area contributed by atoms with Crippen LogP contribution in [-0.2, 0) is 17.8 Å². The van der Waals surface area contributed by atoms with Gasteiger partial charge in [0.1, 0.15) is 23.6 Å². The molecule has 1 saturated heterocycles. The van der Waals surface area contributed by atoms with Crippen LogP contribution >= 0.6 is 11.3 Å². The molecule has 0 radical (unpaired) electrons. The highest BCUT2D eigenvalue weighted by atomic mass is 32.1. The van der Waals surface area contributed by atoms with Crippen LogP contribution in [0.1, 0.15) is 34.1 Å². The molecule has 3 heterocycles. The molecule has 1 aromatic heterocycles. The van der Waals surface area contributed by atoms with Gasteiger partial charge in [-0.25, -0.2) is 9.78 Å². The van der Waals surface area contributed by atoms with E-state index in [9.17, 15) is 9.59 Å². The third kappa shape index (κ3) is 4.36. The highest BCUT2D eigenvalue weighted by Crippen LogP contribution is 2.38. The van der Waals surface area contributed by atoms with Crippen LogP contribution in [0.25, 0.3) is 0 Å². The number of ether oxygens (including phenoxy) is 2. The second-order valence-corrected chi connectivity index (χ2v) is 9.28. The summed E-state index contributed by atoms with van der Waals surface area (Å²) in [5.41, 5.74) is 8.96. The van der Waals surface area contributed by atoms with Gasteiger partial charge in [-0.05, 0) is 54.7 Å². The van der Waals surface area contributed by atoms with Gasteiger partial charge in [-0.3, -0.25) is 4.79 Å². The number of primary amides is 1. The molecule has 2 aromatic carbocycles. The largest absolute Gasteiger partial charge is 0.485 e. The topological polar surface area (TPSA) is 107 Å². The van der Waals surface area contributed by atoms with Crippen LogP contribution in [0.15, 0.2) is 48.7 Å². The van der Waals surface area contributed by atoms with Crippen molar-refractivity contribution in [3.8, 4) is 16.7 Å². The SMILES string of the molecule is Cc1ccccc1C1CCc2cc(Oc3ncc(CN4C(=O)NCC4C(N)=O)s3)ccc2O1. The number of amides is 3. The number of aromatic nitrogens is 1. The lowest BCUT2D eigenvalue weighted by Crippen LogP contribution is -2.42. The predicted molar refractivity (Wildman–Crippen MR) is 123 cm³/mol. The maximum atomic E-state index is 12.0. The molecular weight excluding hydrogens is 440 g/mol. The van der Waals surface area contributed by atoms with E-state index in [4.69, 9.17) is 15.2 Å². The van der Waals surface area contributed by atoms with Crippen LogP contribution in [-0.4, -0.2) is 34.4 Å². The molecule has 3 N–H and O–H groups in total. The number of hydrogen-bond acceptors (Lipinski definition) is 6. The van der Waals surface area contributed by atoms with E-state index in [-0.39, 0.29) is 25.2 Å². The van der Waals surface area contributed by atoms with Gasteiger partial charge in [-0.1, -0.05) is 35.6 Å². The number of nitrogens with one attached hydrogen (secondary N) is 1. The molecular formula is C24H24N4O4S. The van der Waals surface area contributed by atoms with Crippen LogP contribution in [0.5, 0.6) is 16.7 Å². The van der Waals surface area contributed by atoms with Crippen LogP contribution in [0.2, 0.25) is 0 Å². The van der Waals surface area contributed by atoms with Crippen molar-refractivity contribution in [3.05, 3.63) is 70.2 Å². The zero-order chi connectivity index (χ0) is 22.9. The first-order valence-electron chi connectivity index (χ1n) is 10.8. The fourth-order valence-electron chi connectivity index (χ4n) is 4.25. The molecule has 0 bridgehead atoms. The first-order chi connectivity index (χ1) is 16.0. The minimum Gasteiger partial charge on any atom is -0.485 e. The van der Waals surface area contributed by atoms with E-state index < -0.39 is 11.9 Å². The Morgan fingerprint density at radius 1 is 1.33 bits per heavy atom. The summed E-state index contributed by atoms with van der Waals surface area (Å²) in [5.74, 6) is 1.02. The van der Waals surface area contributed by atoms with Crippen molar-refractivity contribution in [2.24, 2.45) is 5.73 Å². The zero-order valence-electron chi connectivity index (χ0n) is 18.1. The molecule has 33 heavy (non-hydrogen) atoms. The Morgan fingerprint density at radius 2 is 2.18 bits per heavy atom. The lowest BCUT2D eigenvalue weighted by Gasteiger charge is -2.27. The molecule has 2 unspecified atom stereocenters. The van der Waals surface area contributed by atoms with E-state index >= 15 is 0 Å². The fraction of sp³-hybridized carbons (Fsp3) is 0.292. The van der Waals surface area contributed by atoms with E-state index in [1.807, 2.05) is 30.3 Å². The lowest BCUT2D eigenvalue weighted by atomic mass is 9.95. The van der Waals surface area contributed by atoms with Crippen molar-refractivity contribution in [1.82, 2.24) is 15.2 Å². The molecule has 2 aliphatic heterocycles. The molecule has 0 aliphatic carbocycles. The Kier molecular flexibility index (Phi) is 5.63. The molecule has 2 aliphatic rings. The maximum absolute atomic E-state index is 12.0. The first kappa shape index (κ1) is 21.3. The molecule has 0 saturated carbocycles. The van der Waals surface area contributed by atoms with Gasteiger partial charge in [0.15, 0.2) is 0 Å². The third-order valence-corrected chi connectivity index (χ3v) is 6.85. The third-order valence-electron chi connectivity index (χ3n) is 5.99. The lowest BCUT2D eigenvalue weighted by molar-refractivity contribution is -0.121. The van der Waals surface area contributed by atoms with Gasteiger partial charge in [-0.15, -0.1) is 0 Å². The number of benzene rings is 2. The van der Waals surface area contributed by atoms with E-state index in [1.165, 1.54) is 27.4 Å². The number of hydrogen-bond donors (Lipinski definition) is 2. The average molecular weight is 465 g/mol. The average Bonchev–Trinajstić information content (AvgIpc) is 3.40. The van der Waals surface area contributed by atoms with Gasteiger partial charge < -0.3 is 25.4 Å². The van der Waals surface area contributed by atoms with Crippen LogP contribution in [0.3, 0.4) is 0 Å². The summed E-state index contributed by atoms with van der Waals surface area (Å²) in [7, 11) is 0. The predicted octanol–water partition coefficient (Wildman–Crippen LogP) is 3.69. The fourth-order valence-corrected chi connectivity index (χ4v) is 5.02. The Bertz CT molecular complexity index is 1210. The monoisotopic (exact) mass is 464 g/mol. The molecule has 0 spiro atoms. The van der Waals surface area contributed by atoms with E-state index in [0.717, 1.165) is 29.0 Å². The van der Waals surface area contributed by atoms with Crippen molar-refractivity contribution in [2.75, 3.05) is 6.54 Å². The van der Waals surface area contributed by atoms with Crippen LogP contribution in [0, 0.1) is 6.92 Å². The number of carbonyl (C=O) groups is 2. The molecule has 9 heteroatoms. The number of nitrogens with zero attached hydrogens (tertiary/aromatic N) is 2. The van der Waals surface area contributed by atoms with E-state index in [1.54, 1.807) is 6.20 Å². The van der Waals surface area contributed by atoms with Crippen LogP contribution in [0.4, 0.5) is 4.79 Å². The first-order valence-corrected chi connectivity index (χ1v) is 11.6. The number of aryl methyl sites for hydroxylation is 2. The highest BCUT2D eigenvalue weighted by Gasteiger charge is 2.35.